The molecule has 0 radical (unpaired) electrons. The summed E-state index contributed by atoms with van der Waals surface area (Å²) in [5.74, 6) is -0.0855. The van der Waals surface area contributed by atoms with Crippen molar-refractivity contribution in [2.75, 3.05) is 12.1 Å². The molecule has 2 N–H and O–H groups in total. The molecule has 0 aliphatic carbocycles. The van der Waals surface area contributed by atoms with Crippen molar-refractivity contribution in [2.45, 2.75) is 0 Å². The molecular weight excluding hydrogens is 522 g/mol. The van der Waals surface area contributed by atoms with Gasteiger partial charge in [0.05, 0.1) is 11.8 Å². The van der Waals surface area contributed by atoms with Crippen molar-refractivity contribution in [3.05, 3.63) is 118 Å². The van der Waals surface area contributed by atoms with Gasteiger partial charge >= 0.3 is 5.97 Å². The highest BCUT2D eigenvalue weighted by atomic mass is 35.5. The molecule has 4 aromatic carbocycles. The Morgan fingerprint density at radius 2 is 1.54 bits per heavy atom. The van der Waals surface area contributed by atoms with E-state index >= 15 is 0 Å². The van der Waals surface area contributed by atoms with E-state index in [0.717, 1.165) is 0 Å². The summed E-state index contributed by atoms with van der Waals surface area (Å²) in [5.41, 5.74) is 4.34. The maximum absolute atomic E-state index is 12.7. The monoisotopic (exact) mass is 541 g/mol. The number of nitrogens with zero attached hydrogens (tertiary/aromatic N) is 1. The van der Waals surface area contributed by atoms with Crippen LogP contribution in [0.4, 0.5) is 5.69 Å². The second-order valence-corrected chi connectivity index (χ2v) is 8.67. The van der Waals surface area contributed by atoms with Gasteiger partial charge in [-0.25, -0.2) is 10.2 Å². The van der Waals surface area contributed by atoms with Gasteiger partial charge in [0.2, 0.25) is 6.79 Å². The average Bonchev–Trinajstić information content (AvgIpc) is 3.42. The second kappa shape index (κ2) is 11.5. The minimum absolute atomic E-state index is 0.111. The van der Waals surface area contributed by atoms with Crippen LogP contribution in [0.5, 0.6) is 17.2 Å². The first-order chi connectivity index (χ1) is 19.0. The van der Waals surface area contributed by atoms with E-state index in [1.165, 1.54) is 12.3 Å². The molecule has 0 unspecified atom stereocenters. The predicted octanol–water partition coefficient (Wildman–Crippen LogP) is 5.30. The van der Waals surface area contributed by atoms with Gasteiger partial charge in [0.1, 0.15) is 5.75 Å². The molecular formula is C29H20ClN3O6. The van der Waals surface area contributed by atoms with Gasteiger partial charge in [-0.1, -0.05) is 29.8 Å². The first-order valence-electron chi connectivity index (χ1n) is 11.7. The molecule has 0 aromatic heterocycles. The average molecular weight is 542 g/mol. The van der Waals surface area contributed by atoms with E-state index in [1.807, 2.05) is 0 Å². The maximum Gasteiger partial charge on any atom is 0.343 e. The number of hydrogen-bond acceptors (Lipinski definition) is 7. The van der Waals surface area contributed by atoms with E-state index < -0.39 is 11.9 Å². The number of para-hydroxylation sites is 1. The van der Waals surface area contributed by atoms with Gasteiger partial charge < -0.3 is 19.5 Å². The zero-order chi connectivity index (χ0) is 27.2. The Balaban J connectivity index is 1.21. The summed E-state index contributed by atoms with van der Waals surface area (Å²) in [6.45, 7) is 0.111. The summed E-state index contributed by atoms with van der Waals surface area (Å²) in [7, 11) is 0. The van der Waals surface area contributed by atoms with Crippen molar-refractivity contribution >= 4 is 41.3 Å². The van der Waals surface area contributed by atoms with E-state index in [1.54, 1.807) is 84.9 Å². The molecule has 4 aromatic rings. The number of benzene rings is 4. The number of amides is 2. The van der Waals surface area contributed by atoms with Gasteiger partial charge in [-0.2, -0.15) is 5.10 Å². The van der Waals surface area contributed by atoms with Gasteiger partial charge in [0.15, 0.2) is 11.5 Å². The minimum Gasteiger partial charge on any atom is -0.454 e. The fraction of sp³-hybridized carbons (Fsp3) is 0.0345. The van der Waals surface area contributed by atoms with Crippen molar-refractivity contribution in [3.63, 3.8) is 0 Å². The zero-order valence-corrected chi connectivity index (χ0v) is 21.0. The number of hydrogen-bond donors (Lipinski definition) is 2. The van der Waals surface area contributed by atoms with Crippen LogP contribution in [0, 0.1) is 0 Å². The summed E-state index contributed by atoms with van der Waals surface area (Å²) in [4.78, 5) is 37.8. The molecule has 5 rings (SSSR count). The molecule has 39 heavy (non-hydrogen) atoms. The van der Waals surface area contributed by atoms with Gasteiger partial charge in [0.25, 0.3) is 11.8 Å². The summed E-state index contributed by atoms with van der Waals surface area (Å²) in [5, 5.41) is 7.26. The number of esters is 1. The molecule has 2 amide bonds. The quantitative estimate of drug-likeness (QED) is 0.142. The van der Waals surface area contributed by atoms with E-state index in [4.69, 9.17) is 25.8 Å². The van der Waals surface area contributed by atoms with Crippen LogP contribution in [0.15, 0.2) is 96.1 Å². The molecule has 1 heterocycles. The number of carbonyl (C=O) groups is 3. The fourth-order valence-electron chi connectivity index (χ4n) is 3.63. The fourth-order valence-corrected chi connectivity index (χ4v) is 3.76. The molecule has 9 nitrogen and oxygen atoms in total. The van der Waals surface area contributed by atoms with Crippen LogP contribution in [0.1, 0.15) is 36.6 Å². The molecule has 1 aliphatic heterocycles. The maximum atomic E-state index is 12.7. The normalized spacial score (nSPS) is 11.7. The number of nitrogens with one attached hydrogen (secondary N) is 2. The van der Waals surface area contributed by atoms with Crippen molar-refractivity contribution in [2.24, 2.45) is 5.10 Å². The molecule has 0 spiro atoms. The lowest BCUT2D eigenvalue weighted by molar-refractivity contribution is 0.0734. The largest absolute Gasteiger partial charge is 0.454 e. The van der Waals surface area contributed by atoms with E-state index in [-0.39, 0.29) is 24.0 Å². The van der Waals surface area contributed by atoms with Crippen LogP contribution in [-0.4, -0.2) is 30.8 Å². The van der Waals surface area contributed by atoms with E-state index in [0.29, 0.717) is 38.9 Å². The Morgan fingerprint density at radius 3 is 2.38 bits per heavy atom. The number of rotatable bonds is 7. The van der Waals surface area contributed by atoms with Crippen LogP contribution >= 0.6 is 11.6 Å². The second-order valence-electron chi connectivity index (χ2n) is 8.24. The van der Waals surface area contributed by atoms with Crippen molar-refractivity contribution in [1.29, 1.82) is 0 Å². The van der Waals surface area contributed by atoms with Crippen molar-refractivity contribution in [3.8, 4) is 17.2 Å². The number of hydrazone groups is 1. The number of anilines is 1. The highest BCUT2D eigenvalue weighted by Crippen LogP contribution is 2.32. The minimum atomic E-state index is -0.559. The third kappa shape index (κ3) is 6.23. The smallest absolute Gasteiger partial charge is 0.343 e. The Bertz CT molecular complexity index is 1590. The third-order valence-electron chi connectivity index (χ3n) is 5.59. The molecule has 194 valence electrons. The van der Waals surface area contributed by atoms with Crippen molar-refractivity contribution in [1.82, 2.24) is 5.43 Å². The highest BCUT2D eigenvalue weighted by Gasteiger charge is 2.17. The number of carbonyl (C=O) groups excluding carboxylic acids is 3. The van der Waals surface area contributed by atoms with E-state index in [2.05, 4.69) is 15.8 Å². The molecule has 0 fully saturated rings. The molecule has 1 aliphatic rings. The van der Waals surface area contributed by atoms with Gasteiger partial charge in [-0.3, -0.25) is 9.59 Å². The third-order valence-corrected chi connectivity index (χ3v) is 5.84. The lowest BCUT2D eigenvalue weighted by Crippen LogP contribution is -2.18. The first kappa shape index (κ1) is 25.5. The van der Waals surface area contributed by atoms with Gasteiger partial charge in [-0.05, 0) is 72.8 Å². The highest BCUT2D eigenvalue weighted by molar-refractivity contribution is 6.30. The van der Waals surface area contributed by atoms with Crippen LogP contribution < -0.4 is 25.0 Å². The van der Waals surface area contributed by atoms with Crippen LogP contribution in [0.25, 0.3) is 0 Å². The van der Waals surface area contributed by atoms with Crippen molar-refractivity contribution < 1.29 is 28.6 Å². The Morgan fingerprint density at radius 1 is 0.795 bits per heavy atom. The van der Waals surface area contributed by atoms with E-state index in [9.17, 15) is 14.4 Å². The summed E-state index contributed by atoms with van der Waals surface area (Å²) < 4.78 is 16.1. The summed E-state index contributed by atoms with van der Waals surface area (Å²) in [6, 6.07) is 24.4. The number of ether oxygens (including phenoxy) is 3. The van der Waals surface area contributed by atoms with Gasteiger partial charge in [0, 0.05) is 27.4 Å². The topological polar surface area (TPSA) is 115 Å². The number of fused-ring (bicyclic) bond motifs is 1. The molecule has 0 saturated carbocycles. The molecule has 0 bridgehead atoms. The standard InChI is InChI=1S/C29H20ClN3O6/c30-22-11-8-18(9-12-22)29(36)39-24-7-2-1-4-21(24)16-31-33-28(35)19-5-3-6-23(14-19)32-27(34)20-10-13-25-26(15-20)38-17-37-25/h1-16H,17H2,(H,32,34)(H,33,35). The lowest BCUT2D eigenvalue weighted by atomic mass is 10.1. The zero-order valence-electron chi connectivity index (χ0n) is 20.2. The SMILES string of the molecule is O=C(NN=Cc1ccccc1OC(=O)c1ccc(Cl)cc1)c1cccc(NC(=O)c2ccc3c(c2)OCO3)c1. The summed E-state index contributed by atoms with van der Waals surface area (Å²) in [6.07, 6.45) is 1.37. The lowest BCUT2D eigenvalue weighted by Gasteiger charge is -2.08. The molecule has 0 atom stereocenters. The molecule has 10 heteroatoms. The van der Waals surface area contributed by atoms with Crippen LogP contribution in [0.3, 0.4) is 0 Å². The Hall–Kier alpha value is -5.15. The Kier molecular flexibility index (Phi) is 7.51. The van der Waals surface area contributed by atoms with Crippen LogP contribution in [-0.2, 0) is 0 Å². The predicted molar refractivity (Wildman–Crippen MR) is 145 cm³/mol. The molecule has 0 saturated heterocycles. The number of halogens is 1. The van der Waals surface area contributed by atoms with Crippen LogP contribution in [0.2, 0.25) is 5.02 Å². The first-order valence-corrected chi connectivity index (χ1v) is 12.1. The van der Waals surface area contributed by atoms with Gasteiger partial charge in [-0.15, -0.1) is 0 Å². The summed E-state index contributed by atoms with van der Waals surface area (Å²) >= 11 is 5.87. The Labute approximate surface area is 228 Å².